The summed E-state index contributed by atoms with van der Waals surface area (Å²) in [4.78, 5) is 15.1. The highest BCUT2D eigenvalue weighted by molar-refractivity contribution is 6.11. The summed E-state index contributed by atoms with van der Waals surface area (Å²) in [6.45, 7) is 8.10. The number of carbonyl (C=O) groups excluding carboxylic acids is 1. The summed E-state index contributed by atoms with van der Waals surface area (Å²) in [6.07, 6.45) is 0. The van der Waals surface area contributed by atoms with Crippen LogP contribution in [0.3, 0.4) is 0 Å². The molecule has 3 aromatic carbocycles. The Hall–Kier alpha value is -3.27. The Kier molecular flexibility index (Phi) is 4.78. The van der Waals surface area contributed by atoms with Gasteiger partial charge >= 0.3 is 0 Å². The lowest BCUT2D eigenvalue weighted by Gasteiger charge is -2.21. The van der Waals surface area contributed by atoms with Gasteiger partial charge in [0.1, 0.15) is 5.58 Å². The minimum absolute atomic E-state index is 0.228. The average molecular weight is 372 g/mol. The van der Waals surface area contributed by atoms with Crippen LogP contribution in [0.4, 0.5) is 11.4 Å². The predicted octanol–water partition coefficient (Wildman–Crippen LogP) is 5.99. The fourth-order valence-electron chi connectivity index (χ4n) is 3.70. The van der Waals surface area contributed by atoms with Crippen LogP contribution in [0, 0.1) is 6.92 Å². The predicted molar refractivity (Wildman–Crippen MR) is 116 cm³/mol. The van der Waals surface area contributed by atoms with E-state index in [1.165, 1.54) is 0 Å². The van der Waals surface area contributed by atoms with Crippen molar-refractivity contribution in [1.82, 2.24) is 0 Å². The summed E-state index contributed by atoms with van der Waals surface area (Å²) in [5.41, 5.74) is 3.52. The van der Waals surface area contributed by atoms with Crippen LogP contribution < -0.4 is 10.2 Å². The Morgan fingerprint density at radius 3 is 2.36 bits per heavy atom. The largest absolute Gasteiger partial charge is 0.450 e. The van der Waals surface area contributed by atoms with E-state index < -0.39 is 0 Å². The zero-order valence-corrected chi connectivity index (χ0v) is 16.5. The maximum atomic E-state index is 12.9. The Morgan fingerprint density at radius 2 is 1.64 bits per heavy atom. The van der Waals surface area contributed by atoms with Gasteiger partial charge in [-0.15, -0.1) is 0 Å². The molecule has 0 atom stereocenters. The number of anilines is 2. The molecule has 1 amide bonds. The van der Waals surface area contributed by atoms with Crippen LogP contribution in [0.15, 0.2) is 65.1 Å². The van der Waals surface area contributed by atoms with Gasteiger partial charge in [0.25, 0.3) is 5.91 Å². The first kappa shape index (κ1) is 18.1. The fourth-order valence-corrected chi connectivity index (χ4v) is 3.70. The zero-order valence-electron chi connectivity index (χ0n) is 16.5. The number of amides is 1. The number of fused-ring (bicyclic) bond motifs is 3. The molecule has 0 radical (unpaired) electrons. The van der Waals surface area contributed by atoms with Crippen molar-refractivity contribution < 1.29 is 9.21 Å². The third-order valence-corrected chi connectivity index (χ3v) is 5.29. The minimum Gasteiger partial charge on any atom is -0.450 e. The number of hydrogen-bond donors (Lipinski definition) is 1. The van der Waals surface area contributed by atoms with E-state index in [1.54, 1.807) is 0 Å². The molecule has 1 N–H and O–H groups in total. The second-order valence-corrected chi connectivity index (χ2v) is 6.89. The first-order valence-electron chi connectivity index (χ1n) is 9.69. The van der Waals surface area contributed by atoms with Crippen LogP contribution in [0.2, 0.25) is 0 Å². The molecule has 0 aliphatic rings. The van der Waals surface area contributed by atoms with Crippen molar-refractivity contribution >= 4 is 39.0 Å². The standard InChI is InChI=1S/C24H24N2O2/c1-4-26(5-2)19-13-11-18(12-14-19)25-24(27)22-16(3)20-15-10-17-8-6-7-9-21(17)23(20)28-22/h6-15H,4-5H2,1-3H3,(H,25,27). The van der Waals surface area contributed by atoms with Gasteiger partial charge in [0.15, 0.2) is 5.76 Å². The molecule has 4 aromatic rings. The number of aryl methyl sites for hydroxylation is 1. The summed E-state index contributed by atoms with van der Waals surface area (Å²) in [5, 5.41) is 6.05. The maximum Gasteiger partial charge on any atom is 0.291 e. The van der Waals surface area contributed by atoms with Gasteiger partial charge in [-0.3, -0.25) is 4.79 Å². The fraction of sp³-hybridized carbons (Fsp3) is 0.208. The van der Waals surface area contributed by atoms with Gasteiger partial charge in [0.05, 0.1) is 0 Å². The number of benzene rings is 3. The van der Waals surface area contributed by atoms with Crippen molar-refractivity contribution in [2.24, 2.45) is 0 Å². The number of furan rings is 1. The molecule has 4 nitrogen and oxygen atoms in total. The lowest BCUT2D eigenvalue weighted by atomic mass is 10.1. The quantitative estimate of drug-likeness (QED) is 0.468. The van der Waals surface area contributed by atoms with Crippen LogP contribution in [-0.4, -0.2) is 19.0 Å². The van der Waals surface area contributed by atoms with Gasteiger partial charge in [0.2, 0.25) is 0 Å². The molecule has 0 aliphatic carbocycles. The van der Waals surface area contributed by atoms with E-state index in [9.17, 15) is 4.79 Å². The number of nitrogens with one attached hydrogen (secondary N) is 1. The summed E-state index contributed by atoms with van der Waals surface area (Å²) in [7, 11) is 0. The molecule has 4 rings (SSSR count). The van der Waals surface area contributed by atoms with E-state index in [2.05, 4.69) is 30.1 Å². The van der Waals surface area contributed by atoms with E-state index in [0.29, 0.717) is 5.76 Å². The third kappa shape index (κ3) is 3.11. The highest BCUT2D eigenvalue weighted by atomic mass is 16.3. The Labute approximate surface area is 164 Å². The van der Waals surface area contributed by atoms with Gasteiger partial charge in [-0.05, 0) is 50.4 Å². The first-order chi connectivity index (χ1) is 13.6. The molecule has 1 heterocycles. The van der Waals surface area contributed by atoms with Crippen LogP contribution in [0.1, 0.15) is 30.0 Å². The molecular weight excluding hydrogens is 348 g/mol. The molecule has 0 saturated heterocycles. The van der Waals surface area contributed by atoms with Crippen molar-refractivity contribution in [3.63, 3.8) is 0 Å². The monoisotopic (exact) mass is 372 g/mol. The van der Waals surface area contributed by atoms with Crippen molar-refractivity contribution in [1.29, 1.82) is 0 Å². The van der Waals surface area contributed by atoms with Gasteiger partial charge in [-0.25, -0.2) is 0 Å². The van der Waals surface area contributed by atoms with Crippen LogP contribution >= 0.6 is 0 Å². The first-order valence-corrected chi connectivity index (χ1v) is 9.69. The van der Waals surface area contributed by atoms with E-state index in [-0.39, 0.29) is 5.91 Å². The summed E-state index contributed by atoms with van der Waals surface area (Å²) in [6, 6.07) is 20.1. The van der Waals surface area contributed by atoms with Gasteiger partial charge in [0, 0.05) is 40.8 Å². The average Bonchev–Trinajstić information content (AvgIpc) is 3.07. The summed E-state index contributed by atoms with van der Waals surface area (Å²) < 4.78 is 6.02. The lowest BCUT2D eigenvalue weighted by molar-refractivity contribution is 0.0998. The van der Waals surface area contributed by atoms with Crippen molar-refractivity contribution in [3.8, 4) is 0 Å². The molecule has 28 heavy (non-hydrogen) atoms. The van der Waals surface area contributed by atoms with Crippen molar-refractivity contribution in [2.75, 3.05) is 23.3 Å². The third-order valence-electron chi connectivity index (χ3n) is 5.29. The van der Waals surface area contributed by atoms with Crippen LogP contribution in [0.5, 0.6) is 0 Å². The number of hydrogen-bond acceptors (Lipinski definition) is 3. The summed E-state index contributed by atoms with van der Waals surface area (Å²) in [5.74, 6) is 0.132. The summed E-state index contributed by atoms with van der Waals surface area (Å²) >= 11 is 0. The van der Waals surface area contributed by atoms with Crippen molar-refractivity contribution in [2.45, 2.75) is 20.8 Å². The molecule has 0 spiro atoms. The molecular formula is C24H24N2O2. The Balaban J connectivity index is 1.64. The van der Waals surface area contributed by atoms with Gasteiger partial charge < -0.3 is 14.6 Å². The molecule has 0 unspecified atom stereocenters. The van der Waals surface area contributed by atoms with Crippen LogP contribution in [0.25, 0.3) is 21.7 Å². The SMILES string of the molecule is CCN(CC)c1ccc(NC(=O)c2oc3c(ccc4ccccc43)c2C)cc1. The molecule has 0 aliphatic heterocycles. The maximum absolute atomic E-state index is 12.9. The highest BCUT2D eigenvalue weighted by Crippen LogP contribution is 2.32. The Morgan fingerprint density at radius 1 is 0.929 bits per heavy atom. The van der Waals surface area contributed by atoms with E-state index in [4.69, 9.17) is 4.42 Å². The second kappa shape index (κ2) is 7.39. The van der Waals surface area contributed by atoms with Crippen molar-refractivity contribution in [3.05, 3.63) is 72.0 Å². The second-order valence-electron chi connectivity index (χ2n) is 6.89. The van der Waals surface area contributed by atoms with Gasteiger partial charge in [-0.2, -0.15) is 0 Å². The molecule has 0 fully saturated rings. The minimum atomic E-state index is -0.228. The van der Waals surface area contributed by atoms with E-state index in [1.807, 2.05) is 61.5 Å². The highest BCUT2D eigenvalue weighted by Gasteiger charge is 2.19. The van der Waals surface area contributed by atoms with Crippen LogP contribution in [-0.2, 0) is 0 Å². The number of nitrogens with zero attached hydrogens (tertiary/aromatic N) is 1. The lowest BCUT2D eigenvalue weighted by Crippen LogP contribution is -2.21. The molecule has 4 heteroatoms. The zero-order chi connectivity index (χ0) is 19.7. The number of rotatable bonds is 5. The normalized spacial score (nSPS) is 11.1. The van der Waals surface area contributed by atoms with E-state index in [0.717, 1.165) is 51.8 Å². The Bertz CT molecular complexity index is 1140. The topological polar surface area (TPSA) is 45.5 Å². The smallest absolute Gasteiger partial charge is 0.291 e. The molecule has 1 aromatic heterocycles. The number of carbonyl (C=O) groups is 1. The van der Waals surface area contributed by atoms with E-state index >= 15 is 0 Å². The molecule has 0 bridgehead atoms. The molecule has 142 valence electrons. The molecule has 0 saturated carbocycles. The van der Waals surface area contributed by atoms with Gasteiger partial charge in [-0.1, -0.05) is 36.4 Å².